The molecule has 20 heavy (non-hydrogen) atoms. The van der Waals surface area contributed by atoms with Crippen molar-refractivity contribution in [3.8, 4) is 11.3 Å². The van der Waals surface area contributed by atoms with Crippen LogP contribution >= 0.6 is 0 Å². The molecule has 0 spiro atoms. The number of rotatable bonds is 3. The smallest absolute Gasteiger partial charge is 0.307 e. The lowest BCUT2D eigenvalue weighted by molar-refractivity contribution is -0.136. The van der Waals surface area contributed by atoms with Crippen LogP contribution in [0.15, 0.2) is 36.5 Å². The van der Waals surface area contributed by atoms with Crippen LogP contribution in [-0.4, -0.2) is 26.0 Å². The fraction of sp³-hybridized carbons (Fsp3) is 0.133. The molecule has 3 aromatic rings. The van der Waals surface area contributed by atoms with Gasteiger partial charge >= 0.3 is 5.97 Å². The largest absolute Gasteiger partial charge is 0.481 e. The van der Waals surface area contributed by atoms with Gasteiger partial charge in [0.25, 0.3) is 0 Å². The average Bonchev–Trinajstić information content (AvgIpc) is 2.81. The minimum absolute atomic E-state index is 0.0494. The van der Waals surface area contributed by atoms with Crippen LogP contribution in [0.5, 0.6) is 0 Å². The summed E-state index contributed by atoms with van der Waals surface area (Å²) in [6.07, 6.45) is 1.64. The quantitative estimate of drug-likeness (QED) is 0.764. The van der Waals surface area contributed by atoms with Crippen molar-refractivity contribution in [2.24, 2.45) is 0 Å². The third-order valence-corrected chi connectivity index (χ3v) is 3.11. The van der Waals surface area contributed by atoms with E-state index in [1.807, 2.05) is 37.3 Å². The molecule has 1 aromatic carbocycles. The van der Waals surface area contributed by atoms with Crippen LogP contribution in [0.4, 0.5) is 0 Å². The van der Waals surface area contributed by atoms with Crippen LogP contribution in [0.25, 0.3) is 22.3 Å². The fourth-order valence-electron chi connectivity index (χ4n) is 2.32. The molecule has 0 unspecified atom stereocenters. The van der Waals surface area contributed by atoms with Crippen LogP contribution < -0.4 is 0 Å². The summed E-state index contributed by atoms with van der Waals surface area (Å²) >= 11 is 0. The van der Waals surface area contributed by atoms with E-state index in [-0.39, 0.29) is 6.42 Å². The number of nitrogens with one attached hydrogen (secondary N) is 1. The zero-order valence-electron chi connectivity index (χ0n) is 10.9. The topological polar surface area (TPSA) is 78.9 Å². The average molecular weight is 267 g/mol. The molecule has 0 amide bonds. The highest BCUT2D eigenvalue weighted by Gasteiger charge is 2.15. The van der Waals surface area contributed by atoms with Gasteiger partial charge in [0.05, 0.1) is 12.1 Å². The summed E-state index contributed by atoms with van der Waals surface area (Å²) in [4.78, 5) is 22.8. The Morgan fingerprint density at radius 3 is 2.70 bits per heavy atom. The van der Waals surface area contributed by atoms with Crippen LogP contribution in [-0.2, 0) is 11.2 Å². The van der Waals surface area contributed by atoms with Gasteiger partial charge in [0.15, 0.2) is 0 Å². The van der Waals surface area contributed by atoms with Gasteiger partial charge in [-0.25, -0.2) is 9.97 Å². The number of carboxylic acid groups (broad SMARTS) is 1. The Kier molecular flexibility index (Phi) is 2.95. The number of carboxylic acids is 1. The van der Waals surface area contributed by atoms with Gasteiger partial charge in [0.1, 0.15) is 11.5 Å². The second-order valence-corrected chi connectivity index (χ2v) is 4.59. The third kappa shape index (κ3) is 2.14. The molecule has 2 N–H and O–H groups in total. The molecule has 5 nitrogen and oxygen atoms in total. The maximum absolute atomic E-state index is 11.0. The summed E-state index contributed by atoms with van der Waals surface area (Å²) in [5, 5.41) is 9.79. The molecule has 100 valence electrons. The summed E-state index contributed by atoms with van der Waals surface area (Å²) in [6.45, 7) is 1.82. The number of aromatic amines is 1. The lowest BCUT2D eigenvalue weighted by Crippen LogP contribution is -2.00. The van der Waals surface area contributed by atoms with Gasteiger partial charge in [0.2, 0.25) is 0 Å². The summed E-state index contributed by atoms with van der Waals surface area (Å²) in [7, 11) is 0. The van der Waals surface area contributed by atoms with E-state index in [0.717, 1.165) is 16.6 Å². The van der Waals surface area contributed by atoms with E-state index in [4.69, 9.17) is 5.11 Å². The Morgan fingerprint density at radius 2 is 2.00 bits per heavy atom. The first-order valence-corrected chi connectivity index (χ1v) is 6.27. The second kappa shape index (κ2) is 4.77. The zero-order valence-corrected chi connectivity index (χ0v) is 10.9. The highest BCUT2D eigenvalue weighted by Crippen LogP contribution is 2.28. The van der Waals surface area contributed by atoms with Crippen molar-refractivity contribution in [3.05, 3.63) is 47.9 Å². The van der Waals surface area contributed by atoms with E-state index in [1.54, 1.807) is 6.20 Å². The standard InChI is InChI=1S/C15H13N3O2/c1-9-17-14(10-5-3-2-4-6-10)13-11(7-12(19)20)8-16-15(13)18-9/h2-6,8H,7H2,1H3,(H,19,20)(H,16,17,18). The van der Waals surface area contributed by atoms with E-state index < -0.39 is 5.97 Å². The molecule has 0 aliphatic carbocycles. The Morgan fingerprint density at radius 1 is 1.25 bits per heavy atom. The Bertz CT molecular complexity index is 778. The third-order valence-electron chi connectivity index (χ3n) is 3.11. The monoisotopic (exact) mass is 267 g/mol. The molecule has 0 aliphatic rings. The van der Waals surface area contributed by atoms with Crippen molar-refractivity contribution in [2.45, 2.75) is 13.3 Å². The first-order chi connectivity index (χ1) is 9.65. The molecule has 0 aliphatic heterocycles. The molecule has 5 heteroatoms. The number of fused-ring (bicyclic) bond motifs is 1. The van der Waals surface area contributed by atoms with Gasteiger partial charge < -0.3 is 10.1 Å². The van der Waals surface area contributed by atoms with Crippen LogP contribution in [0.2, 0.25) is 0 Å². The Balaban J connectivity index is 2.29. The maximum Gasteiger partial charge on any atom is 0.307 e. The number of aryl methyl sites for hydroxylation is 1. The predicted octanol–water partition coefficient (Wildman–Crippen LogP) is 2.56. The molecule has 0 fully saturated rings. The summed E-state index contributed by atoms with van der Waals surface area (Å²) in [6, 6.07) is 9.71. The first-order valence-electron chi connectivity index (χ1n) is 6.27. The molecule has 0 saturated carbocycles. The lowest BCUT2D eigenvalue weighted by Gasteiger charge is -2.05. The molecular weight excluding hydrogens is 254 g/mol. The minimum Gasteiger partial charge on any atom is -0.481 e. The molecule has 0 saturated heterocycles. The molecule has 0 bridgehead atoms. The number of aromatic nitrogens is 3. The summed E-state index contributed by atoms with van der Waals surface area (Å²) < 4.78 is 0. The SMILES string of the molecule is Cc1nc(-c2ccccc2)c2c(CC(=O)O)c[nH]c2n1. The minimum atomic E-state index is -0.870. The molecule has 2 heterocycles. The molecule has 0 radical (unpaired) electrons. The highest BCUT2D eigenvalue weighted by molar-refractivity contribution is 5.95. The van der Waals surface area contributed by atoms with E-state index in [9.17, 15) is 4.79 Å². The zero-order chi connectivity index (χ0) is 14.1. The number of carbonyl (C=O) groups is 1. The summed E-state index contributed by atoms with van der Waals surface area (Å²) in [5.74, 6) is -0.217. The van der Waals surface area contributed by atoms with Gasteiger partial charge in [-0.2, -0.15) is 0 Å². The van der Waals surface area contributed by atoms with Crippen LogP contribution in [0, 0.1) is 6.92 Å². The van der Waals surface area contributed by atoms with E-state index in [2.05, 4.69) is 15.0 Å². The molecule has 2 aromatic heterocycles. The maximum atomic E-state index is 11.0. The normalized spacial score (nSPS) is 10.8. The van der Waals surface area contributed by atoms with Crippen LogP contribution in [0.1, 0.15) is 11.4 Å². The van der Waals surface area contributed by atoms with E-state index in [0.29, 0.717) is 17.0 Å². The number of nitrogens with zero attached hydrogens (tertiary/aromatic N) is 2. The van der Waals surface area contributed by atoms with Crippen molar-refractivity contribution < 1.29 is 9.90 Å². The number of hydrogen-bond acceptors (Lipinski definition) is 3. The molecule has 0 atom stereocenters. The number of benzene rings is 1. The van der Waals surface area contributed by atoms with Gasteiger partial charge in [0, 0.05) is 17.1 Å². The Labute approximate surface area is 115 Å². The second-order valence-electron chi connectivity index (χ2n) is 4.59. The van der Waals surface area contributed by atoms with Crippen molar-refractivity contribution >= 4 is 17.0 Å². The number of hydrogen-bond donors (Lipinski definition) is 2. The van der Waals surface area contributed by atoms with Crippen molar-refractivity contribution in [2.75, 3.05) is 0 Å². The van der Waals surface area contributed by atoms with Crippen molar-refractivity contribution in [1.29, 1.82) is 0 Å². The number of aliphatic carboxylic acids is 1. The van der Waals surface area contributed by atoms with Gasteiger partial charge in [-0.3, -0.25) is 4.79 Å². The van der Waals surface area contributed by atoms with Crippen LogP contribution in [0.3, 0.4) is 0 Å². The molecule has 3 rings (SSSR count). The van der Waals surface area contributed by atoms with Gasteiger partial charge in [-0.1, -0.05) is 30.3 Å². The lowest BCUT2D eigenvalue weighted by atomic mass is 10.0. The van der Waals surface area contributed by atoms with Crippen molar-refractivity contribution in [3.63, 3.8) is 0 Å². The fourth-order valence-corrected chi connectivity index (χ4v) is 2.32. The predicted molar refractivity (Wildman–Crippen MR) is 75.4 cm³/mol. The van der Waals surface area contributed by atoms with Gasteiger partial charge in [-0.15, -0.1) is 0 Å². The summed E-state index contributed by atoms with van der Waals surface area (Å²) in [5.41, 5.74) is 3.10. The first kappa shape index (κ1) is 12.3. The van der Waals surface area contributed by atoms with Gasteiger partial charge in [-0.05, 0) is 12.5 Å². The van der Waals surface area contributed by atoms with E-state index in [1.165, 1.54) is 0 Å². The Hall–Kier alpha value is -2.69. The highest BCUT2D eigenvalue weighted by atomic mass is 16.4. The van der Waals surface area contributed by atoms with Crippen molar-refractivity contribution in [1.82, 2.24) is 15.0 Å². The van der Waals surface area contributed by atoms with E-state index >= 15 is 0 Å². The number of H-pyrrole nitrogens is 1. The molecular formula is C15H13N3O2.